The lowest BCUT2D eigenvalue weighted by Crippen LogP contribution is -2.52. The molecular formula is C17H25NO4. The van der Waals surface area contributed by atoms with Gasteiger partial charge in [-0.3, -0.25) is 4.90 Å². The standard InChI is InChI=1S/C17H25NO4/c19-14-8-13(9-18-10-15(20)17(21)16(14)18)6-7-22-11-12-4-2-1-3-5-12/h1-5,13-17,19-21H,6-11H2/t13-,14+,15?,16+,17+/m0/s1. The average molecular weight is 307 g/mol. The quantitative estimate of drug-likeness (QED) is 0.686. The van der Waals surface area contributed by atoms with Crippen molar-refractivity contribution in [2.24, 2.45) is 5.92 Å². The van der Waals surface area contributed by atoms with Gasteiger partial charge in [0.25, 0.3) is 0 Å². The highest BCUT2D eigenvalue weighted by Crippen LogP contribution is 2.32. The Morgan fingerprint density at radius 1 is 1.05 bits per heavy atom. The Hall–Kier alpha value is -0.980. The topological polar surface area (TPSA) is 73.2 Å². The van der Waals surface area contributed by atoms with Crippen molar-refractivity contribution in [2.45, 2.75) is 43.8 Å². The third kappa shape index (κ3) is 3.50. The van der Waals surface area contributed by atoms with Crippen LogP contribution in [0.2, 0.25) is 0 Å². The van der Waals surface area contributed by atoms with E-state index in [0.29, 0.717) is 32.1 Å². The summed E-state index contributed by atoms with van der Waals surface area (Å²) in [7, 11) is 0. The zero-order chi connectivity index (χ0) is 15.5. The number of piperidine rings is 1. The molecule has 2 heterocycles. The van der Waals surface area contributed by atoms with Crippen LogP contribution in [0.3, 0.4) is 0 Å². The van der Waals surface area contributed by atoms with E-state index in [-0.39, 0.29) is 6.04 Å². The van der Waals surface area contributed by atoms with Gasteiger partial charge < -0.3 is 20.1 Å². The molecule has 1 unspecified atom stereocenters. The van der Waals surface area contributed by atoms with Crippen molar-refractivity contribution in [2.75, 3.05) is 19.7 Å². The van der Waals surface area contributed by atoms with Gasteiger partial charge in [-0.25, -0.2) is 0 Å². The summed E-state index contributed by atoms with van der Waals surface area (Å²) in [6.07, 6.45) is -0.586. The van der Waals surface area contributed by atoms with E-state index in [1.807, 2.05) is 35.2 Å². The van der Waals surface area contributed by atoms with Crippen molar-refractivity contribution in [3.05, 3.63) is 35.9 Å². The van der Waals surface area contributed by atoms with Crippen LogP contribution in [0.4, 0.5) is 0 Å². The number of nitrogens with zero attached hydrogens (tertiary/aromatic N) is 1. The van der Waals surface area contributed by atoms with Gasteiger partial charge in [0.2, 0.25) is 0 Å². The molecule has 2 saturated heterocycles. The Balaban J connectivity index is 1.43. The van der Waals surface area contributed by atoms with E-state index in [0.717, 1.165) is 18.5 Å². The maximum Gasteiger partial charge on any atom is 0.0991 e. The van der Waals surface area contributed by atoms with Gasteiger partial charge in [0.15, 0.2) is 0 Å². The maximum atomic E-state index is 10.2. The second-order valence-corrected chi connectivity index (χ2v) is 6.50. The Morgan fingerprint density at radius 3 is 2.59 bits per heavy atom. The third-order valence-electron chi connectivity index (χ3n) is 4.83. The molecule has 5 atom stereocenters. The lowest BCUT2D eigenvalue weighted by molar-refractivity contribution is -0.0473. The van der Waals surface area contributed by atoms with Gasteiger partial charge in [-0.15, -0.1) is 0 Å². The molecule has 0 radical (unpaired) electrons. The van der Waals surface area contributed by atoms with Crippen molar-refractivity contribution in [3.8, 4) is 0 Å². The largest absolute Gasteiger partial charge is 0.391 e. The van der Waals surface area contributed by atoms with Gasteiger partial charge in [-0.05, 0) is 24.3 Å². The van der Waals surface area contributed by atoms with Gasteiger partial charge in [0.1, 0.15) is 0 Å². The summed E-state index contributed by atoms with van der Waals surface area (Å²) in [6.45, 7) is 2.53. The minimum Gasteiger partial charge on any atom is -0.391 e. The third-order valence-corrected chi connectivity index (χ3v) is 4.83. The van der Waals surface area contributed by atoms with Crippen LogP contribution in [0.15, 0.2) is 30.3 Å². The summed E-state index contributed by atoms with van der Waals surface area (Å²) in [5.41, 5.74) is 1.16. The van der Waals surface area contributed by atoms with Crippen LogP contribution >= 0.6 is 0 Å². The van der Waals surface area contributed by atoms with Crippen LogP contribution < -0.4 is 0 Å². The highest BCUT2D eigenvalue weighted by atomic mass is 16.5. The number of aliphatic hydroxyl groups is 3. The molecular weight excluding hydrogens is 282 g/mol. The normalized spacial score (nSPS) is 35.5. The van der Waals surface area contributed by atoms with E-state index >= 15 is 0 Å². The average Bonchev–Trinajstić information content (AvgIpc) is 2.80. The summed E-state index contributed by atoms with van der Waals surface area (Å²) >= 11 is 0. The van der Waals surface area contributed by atoms with Gasteiger partial charge in [-0.1, -0.05) is 30.3 Å². The predicted molar refractivity (Wildman–Crippen MR) is 82.2 cm³/mol. The lowest BCUT2D eigenvalue weighted by atomic mass is 9.88. The first kappa shape index (κ1) is 15.9. The summed E-state index contributed by atoms with van der Waals surface area (Å²) in [5.74, 6) is 0.347. The fraction of sp³-hybridized carbons (Fsp3) is 0.647. The molecule has 5 heteroatoms. The molecule has 5 nitrogen and oxygen atoms in total. The summed E-state index contributed by atoms with van der Waals surface area (Å²) in [4.78, 5) is 2.02. The van der Waals surface area contributed by atoms with Crippen LogP contribution in [-0.4, -0.2) is 64.3 Å². The Bertz CT molecular complexity index is 469. The molecule has 3 rings (SSSR count). The minimum atomic E-state index is -0.828. The molecule has 0 bridgehead atoms. The van der Waals surface area contributed by atoms with Gasteiger partial charge >= 0.3 is 0 Å². The summed E-state index contributed by atoms with van der Waals surface area (Å²) in [6, 6.07) is 9.77. The van der Waals surface area contributed by atoms with Crippen molar-refractivity contribution in [3.63, 3.8) is 0 Å². The molecule has 0 saturated carbocycles. The SMILES string of the molecule is OC1CN2C[C@@H](CCOCc3ccccc3)C[C@@H](O)[C@@H]2[C@@H]1O. The van der Waals surface area contributed by atoms with Gasteiger partial charge in [0, 0.05) is 19.7 Å². The number of hydrogen-bond donors (Lipinski definition) is 3. The zero-order valence-electron chi connectivity index (χ0n) is 12.7. The Kier molecular flexibility index (Phi) is 5.10. The molecule has 122 valence electrons. The number of aliphatic hydroxyl groups excluding tert-OH is 3. The molecule has 1 aromatic rings. The van der Waals surface area contributed by atoms with Crippen molar-refractivity contribution in [1.82, 2.24) is 4.90 Å². The van der Waals surface area contributed by atoms with Crippen LogP contribution in [0.25, 0.3) is 0 Å². The van der Waals surface area contributed by atoms with E-state index in [9.17, 15) is 15.3 Å². The van der Waals surface area contributed by atoms with Crippen molar-refractivity contribution >= 4 is 0 Å². The van der Waals surface area contributed by atoms with Gasteiger partial charge in [0.05, 0.1) is 31.0 Å². The second kappa shape index (κ2) is 7.06. The monoisotopic (exact) mass is 307 g/mol. The highest BCUT2D eigenvalue weighted by Gasteiger charge is 2.47. The Morgan fingerprint density at radius 2 is 1.82 bits per heavy atom. The van der Waals surface area contributed by atoms with Gasteiger partial charge in [-0.2, -0.15) is 0 Å². The van der Waals surface area contributed by atoms with E-state index in [1.54, 1.807) is 0 Å². The molecule has 0 aromatic heterocycles. The smallest absolute Gasteiger partial charge is 0.0991 e. The van der Waals surface area contributed by atoms with E-state index in [4.69, 9.17) is 4.74 Å². The fourth-order valence-corrected chi connectivity index (χ4v) is 3.69. The first-order valence-electron chi connectivity index (χ1n) is 8.05. The zero-order valence-corrected chi connectivity index (χ0v) is 12.7. The molecule has 2 aliphatic rings. The van der Waals surface area contributed by atoms with Crippen LogP contribution in [-0.2, 0) is 11.3 Å². The lowest BCUT2D eigenvalue weighted by Gasteiger charge is -2.39. The second-order valence-electron chi connectivity index (χ2n) is 6.50. The highest BCUT2D eigenvalue weighted by molar-refractivity contribution is 5.13. The first-order valence-corrected chi connectivity index (χ1v) is 8.05. The number of fused-ring (bicyclic) bond motifs is 1. The molecule has 3 N–H and O–H groups in total. The van der Waals surface area contributed by atoms with E-state index in [1.165, 1.54) is 0 Å². The predicted octanol–water partition coefficient (Wildman–Crippen LogP) is 0.380. The molecule has 2 fully saturated rings. The number of hydrogen-bond acceptors (Lipinski definition) is 5. The summed E-state index contributed by atoms with van der Waals surface area (Å²) in [5, 5.41) is 29.9. The van der Waals surface area contributed by atoms with Crippen molar-refractivity contribution in [1.29, 1.82) is 0 Å². The van der Waals surface area contributed by atoms with E-state index in [2.05, 4.69) is 0 Å². The van der Waals surface area contributed by atoms with Crippen LogP contribution in [0.1, 0.15) is 18.4 Å². The maximum absolute atomic E-state index is 10.2. The molecule has 0 spiro atoms. The molecule has 1 aromatic carbocycles. The van der Waals surface area contributed by atoms with Crippen LogP contribution in [0, 0.1) is 5.92 Å². The number of benzene rings is 1. The Labute approximate surface area is 131 Å². The fourth-order valence-electron chi connectivity index (χ4n) is 3.69. The number of ether oxygens (including phenoxy) is 1. The van der Waals surface area contributed by atoms with Crippen molar-refractivity contribution < 1.29 is 20.1 Å². The molecule has 0 aliphatic carbocycles. The van der Waals surface area contributed by atoms with E-state index < -0.39 is 18.3 Å². The number of rotatable bonds is 5. The molecule has 22 heavy (non-hydrogen) atoms. The molecule has 0 amide bonds. The first-order chi connectivity index (χ1) is 10.6. The minimum absolute atomic E-state index is 0.309. The summed E-state index contributed by atoms with van der Waals surface area (Å²) < 4.78 is 5.71. The van der Waals surface area contributed by atoms with Crippen LogP contribution in [0.5, 0.6) is 0 Å². The molecule has 2 aliphatic heterocycles.